The smallest absolute Gasteiger partial charge is 0.310 e. The molecule has 0 N–H and O–H groups in total. The van der Waals surface area contributed by atoms with Gasteiger partial charge in [-0.1, -0.05) is 23.9 Å². The fourth-order valence-corrected chi connectivity index (χ4v) is 4.07. The van der Waals surface area contributed by atoms with Gasteiger partial charge in [0.05, 0.1) is 6.42 Å². The van der Waals surface area contributed by atoms with Gasteiger partial charge in [-0.25, -0.2) is 9.50 Å². The van der Waals surface area contributed by atoms with Gasteiger partial charge in [0.25, 0.3) is 11.7 Å². The molecule has 0 bridgehead atoms. The summed E-state index contributed by atoms with van der Waals surface area (Å²) in [6, 6.07) is 7.26. The van der Waals surface area contributed by atoms with Gasteiger partial charge < -0.3 is 9.64 Å². The Hall–Kier alpha value is -2.94. The average Bonchev–Trinajstić information content (AvgIpc) is 3.45. The van der Waals surface area contributed by atoms with Crippen LogP contribution < -0.4 is 0 Å². The van der Waals surface area contributed by atoms with Gasteiger partial charge in [0, 0.05) is 35.6 Å². The molecule has 1 saturated heterocycles. The minimum absolute atomic E-state index is 0.0626. The van der Waals surface area contributed by atoms with Crippen molar-refractivity contribution in [2.45, 2.75) is 44.9 Å². The van der Waals surface area contributed by atoms with E-state index in [4.69, 9.17) is 4.74 Å². The Bertz CT molecular complexity index is 1120. The summed E-state index contributed by atoms with van der Waals surface area (Å²) < 4.78 is 7.13. The summed E-state index contributed by atoms with van der Waals surface area (Å²) in [6.45, 7) is 5.57. The van der Waals surface area contributed by atoms with E-state index in [9.17, 15) is 9.59 Å². The molecule has 1 aromatic carbocycles. The molecule has 0 radical (unpaired) electrons. The lowest BCUT2D eigenvalue weighted by Gasteiger charge is -2.15. The summed E-state index contributed by atoms with van der Waals surface area (Å²) >= 11 is 1.45. The molecule has 0 aliphatic carbocycles. The topological polar surface area (TPSA) is 89.7 Å². The lowest BCUT2D eigenvalue weighted by atomic mass is 10.1. The highest BCUT2D eigenvalue weighted by Gasteiger charge is 2.20. The third-order valence-corrected chi connectivity index (χ3v) is 6.07. The van der Waals surface area contributed by atoms with E-state index in [2.05, 4.69) is 15.1 Å². The normalized spacial score (nSPS) is 13.7. The van der Waals surface area contributed by atoms with Crippen LogP contribution in [0.1, 0.15) is 45.7 Å². The van der Waals surface area contributed by atoms with Gasteiger partial charge in [-0.2, -0.15) is 4.98 Å². The highest BCUT2D eigenvalue weighted by atomic mass is 32.2. The summed E-state index contributed by atoms with van der Waals surface area (Å²) in [6.07, 6.45) is 4.15. The van der Waals surface area contributed by atoms with Gasteiger partial charge in [-0.05, 0) is 50.6 Å². The molecule has 8 nitrogen and oxygen atoms in total. The number of hydrogen-bond donors (Lipinski definition) is 0. The van der Waals surface area contributed by atoms with Crippen molar-refractivity contribution >= 4 is 29.4 Å². The van der Waals surface area contributed by atoms with Gasteiger partial charge in [0.1, 0.15) is 6.61 Å². The second-order valence-corrected chi connectivity index (χ2v) is 8.38. The van der Waals surface area contributed by atoms with E-state index in [-0.39, 0.29) is 24.9 Å². The Balaban J connectivity index is 1.38. The van der Waals surface area contributed by atoms with E-state index in [0.717, 1.165) is 48.4 Å². The minimum Gasteiger partial charge on any atom is -0.461 e. The first-order chi connectivity index (χ1) is 15.0. The Morgan fingerprint density at radius 2 is 1.81 bits per heavy atom. The van der Waals surface area contributed by atoms with Crippen LogP contribution in [0.4, 0.5) is 0 Å². The van der Waals surface area contributed by atoms with Crippen LogP contribution in [0, 0.1) is 13.8 Å². The van der Waals surface area contributed by atoms with Crippen LogP contribution >= 0.6 is 11.8 Å². The Kier molecular flexibility index (Phi) is 6.22. The Morgan fingerprint density at radius 1 is 1.10 bits per heavy atom. The first-order valence-electron chi connectivity index (χ1n) is 10.3. The maximum absolute atomic E-state index is 12.5. The molecule has 162 valence electrons. The summed E-state index contributed by atoms with van der Waals surface area (Å²) in [5, 5.41) is 5.05. The molecule has 3 aromatic rings. The van der Waals surface area contributed by atoms with Crippen LogP contribution in [0.2, 0.25) is 0 Å². The van der Waals surface area contributed by atoms with E-state index in [1.54, 1.807) is 16.6 Å². The van der Waals surface area contributed by atoms with Crippen molar-refractivity contribution in [1.82, 2.24) is 24.5 Å². The zero-order chi connectivity index (χ0) is 22.0. The maximum Gasteiger partial charge on any atom is 0.310 e. The molecule has 4 rings (SSSR count). The second kappa shape index (κ2) is 9.05. The van der Waals surface area contributed by atoms with Gasteiger partial charge in [0.2, 0.25) is 5.16 Å². The number of nitrogens with zero attached hydrogens (tertiary/aromatic N) is 5. The fraction of sp³-hybridized carbons (Fsp3) is 0.409. The molecule has 31 heavy (non-hydrogen) atoms. The summed E-state index contributed by atoms with van der Waals surface area (Å²) in [7, 11) is 0. The second-order valence-electron chi connectivity index (χ2n) is 7.61. The van der Waals surface area contributed by atoms with Gasteiger partial charge >= 0.3 is 5.97 Å². The van der Waals surface area contributed by atoms with E-state index >= 15 is 0 Å². The summed E-state index contributed by atoms with van der Waals surface area (Å²) in [5.41, 5.74) is 3.87. The highest BCUT2D eigenvalue weighted by Crippen LogP contribution is 2.18. The molecule has 3 heterocycles. The number of esters is 1. The molecular formula is C22H25N5O3S. The van der Waals surface area contributed by atoms with Crippen molar-refractivity contribution in [3.63, 3.8) is 0 Å². The van der Waals surface area contributed by atoms with Crippen LogP contribution in [0.25, 0.3) is 5.78 Å². The molecule has 9 heteroatoms. The zero-order valence-corrected chi connectivity index (χ0v) is 18.7. The standard InChI is InChI=1S/C22H25N5O3S/c1-14-18(15(2)27-21(23-14)24-22(25-27)31-3)12-19(28)30-13-16-6-8-17(9-7-16)20(29)26-10-4-5-11-26/h6-9H,4-5,10-13H2,1-3H3. The first-order valence-corrected chi connectivity index (χ1v) is 11.5. The lowest BCUT2D eigenvalue weighted by molar-refractivity contribution is -0.144. The first kappa shape index (κ1) is 21.3. The van der Waals surface area contributed by atoms with Crippen LogP contribution in [0.15, 0.2) is 29.4 Å². The molecule has 1 aliphatic rings. The Morgan fingerprint density at radius 3 is 2.48 bits per heavy atom. The van der Waals surface area contributed by atoms with Crippen molar-refractivity contribution < 1.29 is 14.3 Å². The number of carbonyl (C=O) groups excluding carboxylic acids is 2. The fourth-order valence-electron chi connectivity index (χ4n) is 3.74. The maximum atomic E-state index is 12.5. The number of thioether (sulfide) groups is 1. The molecule has 1 aliphatic heterocycles. The van der Waals surface area contributed by atoms with Crippen molar-refractivity contribution in [1.29, 1.82) is 0 Å². The molecule has 2 aromatic heterocycles. The number of ether oxygens (including phenoxy) is 1. The Labute approximate surface area is 185 Å². The number of benzene rings is 1. The minimum atomic E-state index is -0.338. The third kappa shape index (κ3) is 4.56. The van der Waals surface area contributed by atoms with E-state index in [1.807, 2.05) is 37.1 Å². The number of aromatic nitrogens is 4. The largest absolute Gasteiger partial charge is 0.461 e. The van der Waals surface area contributed by atoms with E-state index in [0.29, 0.717) is 16.5 Å². The quantitative estimate of drug-likeness (QED) is 0.431. The van der Waals surface area contributed by atoms with Gasteiger partial charge in [0.15, 0.2) is 0 Å². The summed E-state index contributed by atoms with van der Waals surface area (Å²) in [4.78, 5) is 35.6. The number of likely N-dealkylation sites (tertiary alicyclic amines) is 1. The zero-order valence-electron chi connectivity index (χ0n) is 17.9. The van der Waals surface area contributed by atoms with E-state index < -0.39 is 0 Å². The van der Waals surface area contributed by atoms with E-state index in [1.165, 1.54) is 11.8 Å². The summed E-state index contributed by atoms with van der Waals surface area (Å²) in [5.74, 6) is 0.252. The number of aryl methyl sites for hydroxylation is 2. The molecule has 1 fully saturated rings. The average molecular weight is 440 g/mol. The lowest BCUT2D eigenvalue weighted by Crippen LogP contribution is -2.27. The van der Waals surface area contributed by atoms with Crippen LogP contribution in [-0.4, -0.2) is 55.7 Å². The third-order valence-electron chi connectivity index (χ3n) is 5.53. The monoisotopic (exact) mass is 439 g/mol. The molecule has 1 amide bonds. The molecular weight excluding hydrogens is 414 g/mol. The van der Waals surface area contributed by atoms with Crippen molar-refractivity contribution in [3.8, 4) is 0 Å². The number of carbonyl (C=O) groups is 2. The van der Waals surface area contributed by atoms with Gasteiger partial charge in [-0.3, -0.25) is 9.59 Å². The molecule has 0 spiro atoms. The molecule has 0 saturated carbocycles. The predicted molar refractivity (Wildman–Crippen MR) is 117 cm³/mol. The van der Waals surface area contributed by atoms with Crippen molar-refractivity contribution in [2.24, 2.45) is 0 Å². The SMILES string of the molecule is CSc1nc2nc(C)c(CC(=O)OCc3ccc(C(=O)N4CCCC4)cc3)c(C)n2n1. The molecule has 0 unspecified atom stereocenters. The van der Waals surface area contributed by atoms with Crippen LogP contribution in [0.5, 0.6) is 0 Å². The number of fused-ring (bicyclic) bond motifs is 1. The highest BCUT2D eigenvalue weighted by molar-refractivity contribution is 7.98. The number of amides is 1. The van der Waals surface area contributed by atoms with Crippen LogP contribution in [0.3, 0.4) is 0 Å². The van der Waals surface area contributed by atoms with Gasteiger partial charge in [-0.15, -0.1) is 5.10 Å². The van der Waals surface area contributed by atoms with Crippen LogP contribution in [-0.2, 0) is 22.6 Å². The number of rotatable bonds is 6. The van der Waals surface area contributed by atoms with Crippen molar-refractivity contribution in [2.75, 3.05) is 19.3 Å². The number of hydrogen-bond acceptors (Lipinski definition) is 7. The predicted octanol–water partition coefficient (Wildman–Crippen LogP) is 2.98. The van der Waals surface area contributed by atoms with Crippen molar-refractivity contribution in [3.05, 3.63) is 52.3 Å². The molecule has 0 atom stereocenters.